The van der Waals surface area contributed by atoms with E-state index in [4.69, 9.17) is 0 Å². The van der Waals surface area contributed by atoms with Gasteiger partial charge in [-0.1, -0.05) is 52.4 Å². The van der Waals surface area contributed by atoms with Crippen molar-refractivity contribution in [3.05, 3.63) is 0 Å². The van der Waals surface area contributed by atoms with Crippen LogP contribution in [0.1, 0.15) is 90.9 Å². The molecule has 3 aliphatic rings. The molecule has 0 radical (unpaired) electrons. The van der Waals surface area contributed by atoms with Crippen LogP contribution in [-0.2, 0) is 0 Å². The van der Waals surface area contributed by atoms with Gasteiger partial charge >= 0.3 is 5.96 Å². The van der Waals surface area contributed by atoms with Gasteiger partial charge in [-0.25, -0.2) is 0 Å². The predicted molar refractivity (Wildman–Crippen MR) is 93.4 cm³/mol. The largest absolute Gasteiger partial charge is 0.346 e. The first-order chi connectivity index (χ1) is 10.8. The van der Waals surface area contributed by atoms with Crippen molar-refractivity contribution >= 4 is 5.96 Å². The highest BCUT2D eigenvalue weighted by Gasteiger charge is 2.45. The molecular weight excluding hydrogens is 270 g/mol. The standard InChI is InChI=1S/C19H35N3/c1-3-5-7-9-15-13-17-11-12-18-14-16(10-8-6-4-2)21-19(20-15)22(17)18/h15-18H,3-14H2,1-2H3,(H,20,21)/p+1/t15-,16-,17-,18+/m1/s1. The number of nitrogens with one attached hydrogen (secondary N) is 2. The lowest BCUT2D eigenvalue weighted by molar-refractivity contribution is -0.593. The van der Waals surface area contributed by atoms with Crippen molar-refractivity contribution < 1.29 is 4.58 Å². The van der Waals surface area contributed by atoms with E-state index in [-0.39, 0.29) is 0 Å². The van der Waals surface area contributed by atoms with E-state index >= 15 is 0 Å². The monoisotopic (exact) mass is 306 g/mol. The lowest BCUT2D eigenvalue weighted by atomic mass is 9.97. The zero-order valence-corrected chi connectivity index (χ0v) is 14.7. The van der Waals surface area contributed by atoms with Crippen molar-refractivity contribution in [2.24, 2.45) is 0 Å². The Bertz CT molecular complexity index is 356. The molecule has 0 aromatic heterocycles. The molecule has 0 aromatic rings. The maximum absolute atomic E-state index is 3.87. The molecule has 1 saturated heterocycles. The summed E-state index contributed by atoms with van der Waals surface area (Å²) in [7, 11) is 0. The van der Waals surface area contributed by atoms with Gasteiger partial charge in [-0.15, -0.1) is 0 Å². The second-order valence-electron chi connectivity index (χ2n) is 7.79. The van der Waals surface area contributed by atoms with Crippen molar-refractivity contribution in [1.82, 2.24) is 10.6 Å². The summed E-state index contributed by atoms with van der Waals surface area (Å²) < 4.78 is 2.71. The van der Waals surface area contributed by atoms with Gasteiger partial charge in [-0.3, -0.25) is 15.2 Å². The lowest BCUT2D eigenvalue weighted by Gasteiger charge is -2.36. The molecule has 0 unspecified atom stereocenters. The van der Waals surface area contributed by atoms with E-state index in [1.807, 2.05) is 0 Å². The van der Waals surface area contributed by atoms with E-state index < -0.39 is 0 Å². The maximum atomic E-state index is 3.87. The molecular formula is C19H36N3+. The van der Waals surface area contributed by atoms with Crippen LogP contribution < -0.4 is 10.6 Å². The molecule has 3 rings (SSSR count). The summed E-state index contributed by atoms with van der Waals surface area (Å²) in [4.78, 5) is 0. The van der Waals surface area contributed by atoms with Crippen LogP contribution in [0.5, 0.6) is 0 Å². The molecule has 4 atom stereocenters. The fraction of sp³-hybridized carbons (Fsp3) is 0.947. The average Bonchev–Trinajstić information content (AvgIpc) is 2.92. The van der Waals surface area contributed by atoms with Crippen molar-refractivity contribution in [3.63, 3.8) is 0 Å². The van der Waals surface area contributed by atoms with Crippen LogP contribution in [-0.4, -0.2) is 34.7 Å². The van der Waals surface area contributed by atoms with Gasteiger partial charge in [0.25, 0.3) is 0 Å². The molecule has 3 heteroatoms. The summed E-state index contributed by atoms with van der Waals surface area (Å²) in [6.45, 7) is 4.60. The van der Waals surface area contributed by atoms with E-state index in [0.717, 1.165) is 12.1 Å². The van der Waals surface area contributed by atoms with E-state index in [9.17, 15) is 0 Å². The molecule has 126 valence electrons. The Morgan fingerprint density at radius 2 is 1.32 bits per heavy atom. The first-order valence-electron chi connectivity index (χ1n) is 10.00. The quantitative estimate of drug-likeness (QED) is 0.527. The number of rotatable bonds is 8. The van der Waals surface area contributed by atoms with Crippen LogP contribution >= 0.6 is 0 Å². The molecule has 0 spiro atoms. The molecule has 0 aliphatic carbocycles. The minimum absolute atomic E-state index is 0.712. The zero-order valence-electron chi connectivity index (χ0n) is 14.7. The van der Waals surface area contributed by atoms with Gasteiger partial charge in [-0.05, 0) is 25.7 Å². The number of nitrogens with zero attached hydrogens (tertiary/aromatic N) is 1. The second-order valence-corrected chi connectivity index (χ2v) is 7.79. The molecule has 1 fully saturated rings. The summed E-state index contributed by atoms with van der Waals surface area (Å²) in [5.74, 6) is 1.40. The van der Waals surface area contributed by atoms with Crippen molar-refractivity contribution in [3.8, 4) is 0 Å². The van der Waals surface area contributed by atoms with Crippen LogP contribution in [0.25, 0.3) is 0 Å². The first-order valence-corrected chi connectivity index (χ1v) is 10.00. The zero-order chi connectivity index (χ0) is 15.4. The molecule has 3 aliphatic heterocycles. The smallest absolute Gasteiger partial charge is 0.275 e. The fourth-order valence-electron chi connectivity index (χ4n) is 4.80. The van der Waals surface area contributed by atoms with Crippen molar-refractivity contribution in [2.75, 3.05) is 0 Å². The minimum Gasteiger partial charge on any atom is -0.275 e. The Morgan fingerprint density at radius 3 is 1.77 bits per heavy atom. The van der Waals surface area contributed by atoms with Crippen molar-refractivity contribution in [2.45, 2.75) is 115 Å². The van der Waals surface area contributed by atoms with Gasteiger partial charge in [0.05, 0.1) is 24.2 Å². The van der Waals surface area contributed by atoms with E-state index in [2.05, 4.69) is 29.1 Å². The maximum Gasteiger partial charge on any atom is 0.346 e. The molecule has 2 N–H and O–H groups in total. The van der Waals surface area contributed by atoms with Crippen LogP contribution in [0.15, 0.2) is 0 Å². The Labute approximate surface area is 136 Å². The minimum atomic E-state index is 0.712. The molecule has 0 aromatic carbocycles. The van der Waals surface area contributed by atoms with Crippen LogP contribution in [0.4, 0.5) is 0 Å². The van der Waals surface area contributed by atoms with Gasteiger partial charge < -0.3 is 0 Å². The predicted octanol–water partition coefficient (Wildman–Crippen LogP) is 3.77. The number of hydrogen-bond donors (Lipinski definition) is 2. The van der Waals surface area contributed by atoms with Gasteiger partial charge in [0.2, 0.25) is 0 Å². The summed E-state index contributed by atoms with van der Waals surface area (Å²) in [5, 5.41) is 7.73. The summed E-state index contributed by atoms with van der Waals surface area (Å²) in [6.07, 6.45) is 16.5. The summed E-state index contributed by atoms with van der Waals surface area (Å²) >= 11 is 0. The van der Waals surface area contributed by atoms with Crippen molar-refractivity contribution in [1.29, 1.82) is 0 Å². The first kappa shape index (κ1) is 16.1. The molecule has 22 heavy (non-hydrogen) atoms. The van der Waals surface area contributed by atoms with E-state index in [1.54, 1.807) is 0 Å². The Kier molecular flexibility index (Phi) is 5.65. The third-order valence-electron chi connectivity index (χ3n) is 5.99. The highest BCUT2D eigenvalue weighted by atomic mass is 15.3. The fourth-order valence-corrected chi connectivity index (χ4v) is 4.80. The highest BCUT2D eigenvalue weighted by Crippen LogP contribution is 2.32. The molecule has 0 saturated carbocycles. The van der Waals surface area contributed by atoms with Gasteiger partial charge in [-0.2, -0.15) is 0 Å². The third-order valence-corrected chi connectivity index (χ3v) is 5.99. The molecule has 3 nitrogen and oxygen atoms in total. The average molecular weight is 307 g/mol. The second kappa shape index (κ2) is 7.70. The number of guanidine groups is 1. The molecule has 0 bridgehead atoms. The summed E-state index contributed by atoms with van der Waals surface area (Å²) in [6, 6.07) is 3.06. The Hall–Kier alpha value is -0.730. The number of hydrogen-bond acceptors (Lipinski definition) is 2. The van der Waals surface area contributed by atoms with Gasteiger partial charge in [0.15, 0.2) is 0 Å². The Morgan fingerprint density at radius 1 is 0.818 bits per heavy atom. The van der Waals surface area contributed by atoms with Crippen LogP contribution in [0, 0.1) is 0 Å². The third kappa shape index (κ3) is 3.60. The van der Waals surface area contributed by atoms with Gasteiger partial charge in [0.1, 0.15) is 0 Å². The van der Waals surface area contributed by atoms with Crippen LogP contribution in [0.3, 0.4) is 0 Å². The lowest BCUT2D eigenvalue weighted by Crippen LogP contribution is -2.62. The molecule has 0 amide bonds. The normalized spacial score (nSPS) is 33.4. The van der Waals surface area contributed by atoms with E-state index in [0.29, 0.717) is 12.1 Å². The number of unbranched alkanes of at least 4 members (excludes halogenated alkanes) is 4. The topological polar surface area (TPSA) is 27.1 Å². The van der Waals surface area contributed by atoms with Gasteiger partial charge in [0, 0.05) is 12.8 Å². The Balaban J connectivity index is 1.59. The molecule has 3 heterocycles. The van der Waals surface area contributed by atoms with E-state index in [1.165, 1.54) is 83.0 Å². The highest BCUT2D eigenvalue weighted by molar-refractivity contribution is 5.76. The van der Waals surface area contributed by atoms with Crippen LogP contribution in [0.2, 0.25) is 0 Å². The summed E-state index contributed by atoms with van der Waals surface area (Å²) in [5.41, 5.74) is 0. The SMILES string of the molecule is CCCCC[C@@H]1C[C@H]2CC[C@H]3C[C@@H](CCCCC)NC(=[N+]23)N1.